The minimum Gasteiger partial charge on any atom is -0.493 e. The van der Waals surface area contributed by atoms with Gasteiger partial charge < -0.3 is 30.2 Å². The van der Waals surface area contributed by atoms with Gasteiger partial charge in [-0.15, -0.1) is 0 Å². The molecule has 0 unspecified atom stereocenters. The van der Waals surface area contributed by atoms with Crippen LogP contribution in [0.3, 0.4) is 0 Å². The minimum atomic E-state index is -0.267. The van der Waals surface area contributed by atoms with Crippen molar-refractivity contribution in [3.8, 4) is 23.3 Å². The number of ether oxygens (including phenoxy) is 3. The molecule has 0 aliphatic carbocycles. The number of nitrogens with zero attached hydrogens (tertiary/aromatic N) is 3. The first kappa shape index (κ1) is 22.2. The Kier molecular flexibility index (Phi) is 6.92. The third-order valence-electron chi connectivity index (χ3n) is 4.48. The van der Waals surface area contributed by atoms with E-state index in [-0.39, 0.29) is 23.2 Å². The van der Waals surface area contributed by atoms with Crippen LogP contribution in [0.1, 0.15) is 15.9 Å². The molecule has 164 valence electrons. The van der Waals surface area contributed by atoms with Crippen molar-refractivity contribution in [1.82, 2.24) is 15.3 Å². The monoisotopic (exact) mass is 434 g/mol. The summed E-state index contributed by atoms with van der Waals surface area (Å²) >= 11 is 0. The van der Waals surface area contributed by atoms with Gasteiger partial charge in [0.05, 0.1) is 38.8 Å². The Balaban J connectivity index is 1.97. The number of aromatic nitrogens is 2. The third-order valence-corrected chi connectivity index (χ3v) is 4.48. The van der Waals surface area contributed by atoms with E-state index in [2.05, 4.69) is 25.9 Å². The average Bonchev–Trinajstić information content (AvgIpc) is 2.83. The van der Waals surface area contributed by atoms with Crippen LogP contribution in [0.5, 0.6) is 17.2 Å². The lowest BCUT2D eigenvalue weighted by atomic mass is 10.1. The van der Waals surface area contributed by atoms with Crippen molar-refractivity contribution in [3.63, 3.8) is 0 Å². The molecule has 10 heteroatoms. The van der Waals surface area contributed by atoms with Crippen LogP contribution in [-0.4, -0.2) is 44.3 Å². The van der Waals surface area contributed by atoms with Crippen LogP contribution < -0.4 is 30.2 Å². The Morgan fingerprint density at radius 1 is 1.03 bits per heavy atom. The fraction of sp³-hybridized carbons (Fsp3) is 0.182. The second-order valence-corrected chi connectivity index (χ2v) is 6.36. The van der Waals surface area contributed by atoms with Gasteiger partial charge in [0.15, 0.2) is 17.3 Å². The van der Waals surface area contributed by atoms with Crippen molar-refractivity contribution in [3.05, 3.63) is 53.7 Å². The van der Waals surface area contributed by atoms with Crippen molar-refractivity contribution < 1.29 is 19.0 Å². The van der Waals surface area contributed by atoms with Crippen molar-refractivity contribution in [2.75, 3.05) is 39.0 Å². The van der Waals surface area contributed by atoms with E-state index in [1.807, 2.05) is 6.07 Å². The lowest BCUT2D eigenvalue weighted by Crippen LogP contribution is -2.19. The van der Waals surface area contributed by atoms with Crippen molar-refractivity contribution in [2.45, 2.75) is 0 Å². The number of carbonyl (C=O) groups is 1. The molecule has 0 radical (unpaired) electrons. The van der Waals surface area contributed by atoms with Gasteiger partial charge in [-0.2, -0.15) is 10.2 Å². The van der Waals surface area contributed by atoms with Crippen LogP contribution in [0.4, 0.5) is 23.1 Å². The number of nitriles is 1. The summed E-state index contributed by atoms with van der Waals surface area (Å²) in [6.45, 7) is 0. The average molecular weight is 434 g/mol. The molecule has 1 heterocycles. The van der Waals surface area contributed by atoms with E-state index in [0.29, 0.717) is 34.2 Å². The van der Waals surface area contributed by atoms with Crippen LogP contribution in [0.25, 0.3) is 0 Å². The van der Waals surface area contributed by atoms with E-state index in [9.17, 15) is 10.1 Å². The van der Waals surface area contributed by atoms with Gasteiger partial charge in [0, 0.05) is 24.9 Å². The van der Waals surface area contributed by atoms with Gasteiger partial charge in [-0.1, -0.05) is 12.1 Å². The zero-order valence-electron chi connectivity index (χ0n) is 18.0. The number of benzene rings is 2. The van der Waals surface area contributed by atoms with Gasteiger partial charge in [0.25, 0.3) is 5.91 Å². The normalized spacial score (nSPS) is 9.97. The van der Waals surface area contributed by atoms with E-state index in [4.69, 9.17) is 14.2 Å². The maximum Gasteiger partial charge on any atom is 0.253 e. The van der Waals surface area contributed by atoms with Gasteiger partial charge >= 0.3 is 0 Å². The van der Waals surface area contributed by atoms with E-state index in [1.165, 1.54) is 27.5 Å². The van der Waals surface area contributed by atoms with Gasteiger partial charge in [-0.25, -0.2) is 4.98 Å². The molecule has 0 saturated heterocycles. The molecule has 32 heavy (non-hydrogen) atoms. The zero-order valence-corrected chi connectivity index (χ0v) is 18.0. The molecule has 0 saturated carbocycles. The fourth-order valence-corrected chi connectivity index (χ4v) is 2.95. The number of nitrogens with one attached hydrogen (secondary N) is 3. The summed E-state index contributed by atoms with van der Waals surface area (Å²) in [5.74, 6) is 1.57. The van der Waals surface area contributed by atoms with Crippen LogP contribution in [0, 0.1) is 11.3 Å². The molecule has 1 amide bonds. The molecule has 0 spiro atoms. The molecular formula is C22H22N6O4. The zero-order chi connectivity index (χ0) is 23.1. The summed E-state index contributed by atoms with van der Waals surface area (Å²) in [4.78, 5) is 20.8. The summed E-state index contributed by atoms with van der Waals surface area (Å²) in [5, 5.41) is 18.2. The van der Waals surface area contributed by atoms with Crippen LogP contribution in [0.2, 0.25) is 0 Å². The number of carbonyl (C=O) groups excluding carboxylic acids is 1. The van der Waals surface area contributed by atoms with Crippen LogP contribution in [-0.2, 0) is 0 Å². The maximum atomic E-state index is 12.2. The SMILES string of the molecule is CNC(=O)c1ccccc1Nc1nc(Nc2cc(OC)c(OC)c(OC)c2)ncc1C#N. The number of rotatable bonds is 8. The molecule has 3 rings (SSSR count). The smallest absolute Gasteiger partial charge is 0.253 e. The number of amides is 1. The highest BCUT2D eigenvalue weighted by Crippen LogP contribution is 2.40. The molecule has 1 aromatic heterocycles. The Morgan fingerprint density at radius 3 is 2.31 bits per heavy atom. The molecule has 2 aromatic carbocycles. The number of methoxy groups -OCH3 is 3. The Bertz CT molecular complexity index is 1150. The predicted octanol–water partition coefficient (Wildman–Crippen LogP) is 3.22. The van der Waals surface area contributed by atoms with Crippen molar-refractivity contribution >= 4 is 29.0 Å². The molecule has 3 N–H and O–H groups in total. The molecule has 0 aliphatic heterocycles. The molecule has 0 aliphatic rings. The summed E-state index contributed by atoms with van der Waals surface area (Å²) in [6.07, 6.45) is 1.39. The summed E-state index contributed by atoms with van der Waals surface area (Å²) in [7, 11) is 6.10. The standard InChI is InChI=1S/C22H22N6O4/c1-24-21(29)15-7-5-6-8-16(15)27-20-13(11-23)12-25-22(28-20)26-14-9-17(30-2)19(32-4)18(10-14)31-3/h5-10,12H,1-4H3,(H,24,29)(H2,25,26,27,28). The highest BCUT2D eigenvalue weighted by Gasteiger charge is 2.16. The Hall–Kier alpha value is -4.52. The van der Waals surface area contributed by atoms with E-state index in [1.54, 1.807) is 43.4 Å². The topological polar surface area (TPSA) is 130 Å². The van der Waals surface area contributed by atoms with Crippen LogP contribution in [0.15, 0.2) is 42.6 Å². The second kappa shape index (κ2) is 9.99. The lowest BCUT2D eigenvalue weighted by molar-refractivity contribution is 0.0964. The van der Waals surface area contributed by atoms with Crippen molar-refractivity contribution in [1.29, 1.82) is 5.26 Å². The second-order valence-electron chi connectivity index (χ2n) is 6.36. The van der Waals surface area contributed by atoms with Crippen LogP contribution >= 0.6 is 0 Å². The van der Waals surface area contributed by atoms with E-state index < -0.39 is 0 Å². The molecule has 3 aromatic rings. The highest BCUT2D eigenvalue weighted by atomic mass is 16.5. The molecular weight excluding hydrogens is 412 g/mol. The number of anilines is 4. The molecule has 0 atom stereocenters. The fourth-order valence-electron chi connectivity index (χ4n) is 2.95. The van der Waals surface area contributed by atoms with E-state index in [0.717, 1.165) is 0 Å². The molecule has 0 fully saturated rings. The highest BCUT2D eigenvalue weighted by molar-refractivity contribution is 6.00. The largest absolute Gasteiger partial charge is 0.493 e. The summed E-state index contributed by atoms with van der Waals surface area (Å²) in [5.41, 5.74) is 1.71. The maximum absolute atomic E-state index is 12.2. The number of hydrogen-bond donors (Lipinski definition) is 3. The van der Waals surface area contributed by atoms with Gasteiger partial charge in [0.2, 0.25) is 11.7 Å². The molecule has 0 bridgehead atoms. The Morgan fingerprint density at radius 2 is 1.72 bits per heavy atom. The van der Waals surface area contributed by atoms with Gasteiger partial charge in [-0.3, -0.25) is 4.79 Å². The first-order chi connectivity index (χ1) is 15.5. The minimum absolute atomic E-state index is 0.215. The predicted molar refractivity (Wildman–Crippen MR) is 119 cm³/mol. The third kappa shape index (κ3) is 4.62. The number of hydrogen-bond acceptors (Lipinski definition) is 9. The van der Waals surface area contributed by atoms with Crippen molar-refractivity contribution in [2.24, 2.45) is 0 Å². The molecule has 10 nitrogen and oxygen atoms in total. The summed E-state index contributed by atoms with van der Waals surface area (Å²) in [6, 6.07) is 12.4. The van der Waals surface area contributed by atoms with Gasteiger partial charge in [-0.05, 0) is 12.1 Å². The lowest BCUT2D eigenvalue weighted by Gasteiger charge is -2.15. The van der Waals surface area contributed by atoms with E-state index >= 15 is 0 Å². The Labute approximate surface area is 185 Å². The summed E-state index contributed by atoms with van der Waals surface area (Å²) < 4.78 is 16.1. The van der Waals surface area contributed by atoms with Gasteiger partial charge in [0.1, 0.15) is 11.6 Å². The first-order valence-corrected chi connectivity index (χ1v) is 9.46. The number of para-hydroxylation sites is 1. The quantitative estimate of drug-likeness (QED) is 0.489. The first-order valence-electron chi connectivity index (χ1n) is 9.46.